The second-order valence-electron chi connectivity index (χ2n) is 5.04. The summed E-state index contributed by atoms with van der Waals surface area (Å²) >= 11 is 0. The van der Waals surface area contributed by atoms with Crippen LogP contribution in [-0.4, -0.2) is 5.78 Å². The van der Waals surface area contributed by atoms with Gasteiger partial charge in [-0.1, -0.05) is 40.0 Å². The molecule has 1 heteroatoms. The van der Waals surface area contributed by atoms with Crippen molar-refractivity contribution in [3.05, 3.63) is 0 Å². The molecule has 0 saturated heterocycles. The zero-order valence-corrected chi connectivity index (χ0v) is 9.88. The molecule has 2 unspecified atom stereocenters. The SMILES string of the molecule is CCC1CCCC(C(=O)C(C)C)CC1. The van der Waals surface area contributed by atoms with Crippen molar-refractivity contribution < 1.29 is 4.79 Å². The van der Waals surface area contributed by atoms with Crippen LogP contribution in [0.3, 0.4) is 0 Å². The molecule has 0 aliphatic heterocycles. The van der Waals surface area contributed by atoms with Gasteiger partial charge in [-0.3, -0.25) is 4.79 Å². The number of hydrogen-bond acceptors (Lipinski definition) is 1. The van der Waals surface area contributed by atoms with Gasteiger partial charge in [-0.2, -0.15) is 0 Å². The summed E-state index contributed by atoms with van der Waals surface area (Å²) < 4.78 is 0. The molecule has 2 atom stereocenters. The molecular weight excluding hydrogens is 172 g/mol. The second-order valence-corrected chi connectivity index (χ2v) is 5.04. The third-order valence-electron chi connectivity index (χ3n) is 3.64. The number of carbonyl (C=O) groups excluding carboxylic acids is 1. The molecule has 0 radical (unpaired) electrons. The molecule has 0 aromatic heterocycles. The van der Waals surface area contributed by atoms with E-state index in [0.29, 0.717) is 11.7 Å². The Labute approximate surface area is 88.3 Å². The Balaban J connectivity index is 2.45. The van der Waals surface area contributed by atoms with Crippen LogP contribution in [0.1, 0.15) is 59.3 Å². The molecule has 0 amide bonds. The van der Waals surface area contributed by atoms with E-state index in [0.717, 1.165) is 18.8 Å². The van der Waals surface area contributed by atoms with E-state index in [9.17, 15) is 4.79 Å². The van der Waals surface area contributed by atoms with Crippen molar-refractivity contribution in [2.45, 2.75) is 59.3 Å². The van der Waals surface area contributed by atoms with E-state index in [1.54, 1.807) is 0 Å². The first-order chi connectivity index (χ1) is 6.65. The maximum absolute atomic E-state index is 11.8. The Morgan fingerprint density at radius 1 is 1.21 bits per heavy atom. The Morgan fingerprint density at radius 2 is 1.93 bits per heavy atom. The van der Waals surface area contributed by atoms with E-state index < -0.39 is 0 Å². The monoisotopic (exact) mass is 196 g/mol. The maximum atomic E-state index is 11.8. The van der Waals surface area contributed by atoms with E-state index in [4.69, 9.17) is 0 Å². The lowest BCUT2D eigenvalue weighted by molar-refractivity contribution is -0.126. The van der Waals surface area contributed by atoms with E-state index in [1.807, 2.05) is 13.8 Å². The first-order valence-electron chi connectivity index (χ1n) is 6.18. The Kier molecular flexibility index (Phi) is 4.64. The molecule has 1 rings (SSSR count). The van der Waals surface area contributed by atoms with Gasteiger partial charge < -0.3 is 0 Å². The summed E-state index contributed by atoms with van der Waals surface area (Å²) in [6.45, 7) is 6.34. The van der Waals surface area contributed by atoms with E-state index in [-0.39, 0.29) is 5.92 Å². The predicted octanol–water partition coefficient (Wildman–Crippen LogP) is 3.82. The van der Waals surface area contributed by atoms with Crippen molar-refractivity contribution in [3.63, 3.8) is 0 Å². The van der Waals surface area contributed by atoms with E-state index >= 15 is 0 Å². The Bertz CT molecular complexity index is 184. The van der Waals surface area contributed by atoms with Gasteiger partial charge in [0, 0.05) is 11.8 Å². The van der Waals surface area contributed by atoms with Crippen molar-refractivity contribution in [1.82, 2.24) is 0 Å². The van der Waals surface area contributed by atoms with Crippen molar-refractivity contribution in [2.24, 2.45) is 17.8 Å². The zero-order chi connectivity index (χ0) is 10.6. The maximum Gasteiger partial charge on any atom is 0.138 e. The summed E-state index contributed by atoms with van der Waals surface area (Å²) in [7, 11) is 0. The molecule has 0 aromatic rings. The van der Waals surface area contributed by atoms with Crippen LogP contribution >= 0.6 is 0 Å². The largest absolute Gasteiger partial charge is 0.299 e. The molecular formula is C13H24O. The second kappa shape index (κ2) is 5.53. The number of Topliss-reactive ketones (excluding diaryl/α,β-unsaturated/α-hetero) is 1. The number of ketones is 1. The van der Waals surface area contributed by atoms with Crippen LogP contribution in [-0.2, 0) is 4.79 Å². The summed E-state index contributed by atoms with van der Waals surface area (Å²) in [5.74, 6) is 2.01. The first-order valence-corrected chi connectivity index (χ1v) is 6.18. The van der Waals surface area contributed by atoms with Crippen LogP contribution in [0.25, 0.3) is 0 Å². The number of carbonyl (C=O) groups is 1. The first kappa shape index (κ1) is 11.7. The molecule has 1 fully saturated rings. The topological polar surface area (TPSA) is 17.1 Å². The Morgan fingerprint density at radius 3 is 2.50 bits per heavy atom. The van der Waals surface area contributed by atoms with Gasteiger partial charge in [-0.15, -0.1) is 0 Å². The quantitative estimate of drug-likeness (QED) is 0.627. The smallest absolute Gasteiger partial charge is 0.138 e. The lowest BCUT2D eigenvalue weighted by Gasteiger charge is -2.15. The lowest BCUT2D eigenvalue weighted by atomic mass is 9.89. The van der Waals surface area contributed by atoms with Crippen LogP contribution in [0.5, 0.6) is 0 Å². The average molecular weight is 196 g/mol. The number of rotatable bonds is 3. The number of hydrogen-bond donors (Lipinski definition) is 0. The minimum Gasteiger partial charge on any atom is -0.299 e. The Hall–Kier alpha value is -0.330. The molecule has 14 heavy (non-hydrogen) atoms. The predicted molar refractivity (Wildman–Crippen MR) is 60.2 cm³/mol. The van der Waals surface area contributed by atoms with Crippen LogP contribution in [0.4, 0.5) is 0 Å². The molecule has 0 N–H and O–H groups in total. The van der Waals surface area contributed by atoms with Gasteiger partial charge in [0.2, 0.25) is 0 Å². The van der Waals surface area contributed by atoms with Gasteiger partial charge in [0.05, 0.1) is 0 Å². The lowest BCUT2D eigenvalue weighted by Crippen LogP contribution is -2.19. The molecule has 1 aliphatic rings. The highest BCUT2D eigenvalue weighted by Gasteiger charge is 2.24. The van der Waals surface area contributed by atoms with Gasteiger partial charge in [0.25, 0.3) is 0 Å². The normalized spacial score (nSPS) is 28.9. The van der Waals surface area contributed by atoms with Gasteiger partial charge in [-0.25, -0.2) is 0 Å². The van der Waals surface area contributed by atoms with Crippen LogP contribution in [0.15, 0.2) is 0 Å². The molecule has 0 bridgehead atoms. The fraction of sp³-hybridized carbons (Fsp3) is 0.923. The van der Waals surface area contributed by atoms with Gasteiger partial charge in [0.1, 0.15) is 5.78 Å². The van der Waals surface area contributed by atoms with Gasteiger partial charge >= 0.3 is 0 Å². The highest BCUT2D eigenvalue weighted by atomic mass is 16.1. The highest BCUT2D eigenvalue weighted by Crippen LogP contribution is 2.30. The van der Waals surface area contributed by atoms with Crippen molar-refractivity contribution in [1.29, 1.82) is 0 Å². The van der Waals surface area contributed by atoms with Crippen LogP contribution in [0, 0.1) is 17.8 Å². The van der Waals surface area contributed by atoms with Gasteiger partial charge in [0.15, 0.2) is 0 Å². The molecule has 82 valence electrons. The molecule has 0 aromatic carbocycles. The van der Waals surface area contributed by atoms with E-state index in [1.165, 1.54) is 25.7 Å². The summed E-state index contributed by atoms with van der Waals surface area (Å²) in [6.07, 6.45) is 7.48. The van der Waals surface area contributed by atoms with Crippen molar-refractivity contribution in [3.8, 4) is 0 Å². The highest BCUT2D eigenvalue weighted by molar-refractivity contribution is 5.82. The molecule has 0 heterocycles. The average Bonchev–Trinajstić information content (AvgIpc) is 2.41. The molecule has 1 nitrogen and oxygen atoms in total. The fourth-order valence-electron chi connectivity index (χ4n) is 2.54. The van der Waals surface area contributed by atoms with Crippen molar-refractivity contribution >= 4 is 5.78 Å². The fourth-order valence-corrected chi connectivity index (χ4v) is 2.54. The molecule has 0 spiro atoms. The standard InChI is InChI=1S/C13H24O/c1-4-11-6-5-7-12(9-8-11)13(14)10(2)3/h10-12H,4-9H2,1-3H3. The minimum absolute atomic E-state index is 0.234. The van der Waals surface area contributed by atoms with E-state index in [2.05, 4.69) is 6.92 Å². The zero-order valence-electron chi connectivity index (χ0n) is 9.88. The summed E-state index contributed by atoms with van der Waals surface area (Å²) in [5, 5.41) is 0. The van der Waals surface area contributed by atoms with Crippen LogP contribution < -0.4 is 0 Å². The third kappa shape index (κ3) is 3.11. The summed E-state index contributed by atoms with van der Waals surface area (Å²) in [5.41, 5.74) is 0. The molecule has 1 saturated carbocycles. The summed E-state index contributed by atoms with van der Waals surface area (Å²) in [4.78, 5) is 11.8. The third-order valence-corrected chi connectivity index (χ3v) is 3.64. The molecule has 1 aliphatic carbocycles. The van der Waals surface area contributed by atoms with Crippen LogP contribution in [0.2, 0.25) is 0 Å². The van der Waals surface area contributed by atoms with Gasteiger partial charge in [-0.05, 0) is 25.2 Å². The minimum atomic E-state index is 0.234. The van der Waals surface area contributed by atoms with Crippen molar-refractivity contribution in [2.75, 3.05) is 0 Å². The summed E-state index contributed by atoms with van der Waals surface area (Å²) in [6, 6.07) is 0.